The lowest BCUT2D eigenvalue weighted by Gasteiger charge is -2.17. The molecule has 3 aromatic carbocycles. The maximum Gasteiger partial charge on any atom is 0.248 e. The highest BCUT2D eigenvalue weighted by Gasteiger charge is 2.19. The van der Waals surface area contributed by atoms with Crippen LogP contribution in [0.25, 0.3) is 0 Å². The number of nitrogens with two attached hydrogens (primary N) is 1. The van der Waals surface area contributed by atoms with Crippen LogP contribution in [-0.2, 0) is 0 Å². The van der Waals surface area contributed by atoms with Crippen LogP contribution in [0.1, 0.15) is 28.2 Å². The largest absolute Gasteiger partial charge is 0.437 e. The third-order valence-electron chi connectivity index (χ3n) is 5.32. The Labute approximate surface area is 208 Å². The molecule has 34 heavy (non-hydrogen) atoms. The van der Waals surface area contributed by atoms with Gasteiger partial charge in [-0.3, -0.25) is 0 Å². The average molecular weight is 490 g/mol. The van der Waals surface area contributed by atoms with Crippen molar-refractivity contribution in [1.82, 2.24) is 9.97 Å². The van der Waals surface area contributed by atoms with Crippen LogP contribution >= 0.6 is 23.2 Å². The molecule has 0 amide bonds. The van der Waals surface area contributed by atoms with E-state index in [-0.39, 0.29) is 11.6 Å². The summed E-state index contributed by atoms with van der Waals surface area (Å²) in [4.78, 5) is 8.41. The Balaban J connectivity index is 1.61. The topological polar surface area (TPSA) is 96.9 Å². The van der Waals surface area contributed by atoms with Gasteiger partial charge in [0.2, 0.25) is 5.88 Å². The highest BCUT2D eigenvalue weighted by molar-refractivity contribution is 6.32. The first kappa shape index (κ1) is 23.4. The summed E-state index contributed by atoms with van der Waals surface area (Å²) in [5.41, 5.74) is 10.8. The fraction of sp³-hybridized carbons (Fsp3) is 0.115. The lowest BCUT2D eigenvalue weighted by Crippen LogP contribution is -2.05. The van der Waals surface area contributed by atoms with Crippen LogP contribution in [0.2, 0.25) is 10.0 Å². The molecule has 0 aliphatic carbocycles. The molecule has 1 heterocycles. The van der Waals surface area contributed by atoms with Crippen molar-refractivity contribution in [1.29, 1.82) is 5.26 Å². The number of nitrogen functional groups attached to an aromatic ring is 1. The summed E-state index contributed by atoms with van der Waals surface area (Å²) in [5, 5.41) is 14.1. The van der Waals surface area contributed by atoms with Gasteiger partial charge in [0.25, 0.3) is 0 Å². The molecule has 170 valence electrons. The van der Waals surface area contributed by atoms with E-state index in [0.29, 0.717) is 32.9 Å². The van der Waals surface area contributed by atoms with Crippen molar-refractivity contribution in [2.75, 3.05) is 11.1 Å². The van der Waals surface area contributed by atoms with E-state index in [1.54, 1.807) is 18.2 Å². The van der Waals surface area contributed by atoms with Crippen LogP contribution in [0.5, 0.6) is 11.6 Å². The molecule has 6 nitrogen and oxygen atoms in total. The Morgan fingerprint density at radius 3 is 2.38 bits per heavy atom. The number of ether oxygens (including phenoxy) is 1. The number of anilines is 3. The maximum absolute atomic E-state index is 9.82. The van der Waals surface area contributed by atoms with Crippen molar-refractivity contribution < 1.29 is 4.74 Å². The fourth-order valence-corrected chi connectivity index (χ4v) is 3.84. The van der Waals surface area contributed by atoms with Gasteiger partial charge in [0, 0.05) is 15.7 Å². The van der Waals surface area contributed by atoms with E-state index in [0.717, 1.165) is 16.7 Å². The Morgan fingerprint density at radius 1 is 1.00 bits per heavy atom. The number of nitrogens with zero attached hydrogens (tertiary/aromatic N) is 3. The average Bonchev–Trinajstić information content (AvgIpc) is 2.82. The van der Waals surface area contributed by atoms with E-state index in [2.05, 4.69) is 21.4 Å². The summed E-state index contributed by atoms with van der Waals surface area (Å²) >= 11 is 12.6. The molecule has 0 aliphatic heterocycles. The number of hydrogen-bond acceptors (Lipinski definition) is 6. The number of rotatable bonds is 6. The monoisotopic (exact) mass is 489 g/mol. The highest BCUT2D eigenvalue weighted by Crippen LogP contribution is 2.37. The van der Waals surface area contributed by atoms with Gasteiger partial charge < -0.3 is 15.8 Å². The lowest BCUT2D eigenvalue weighted by molar-refractivity contribution is 0.464. The molecule has 0 bridgehead atoms. The summed E-state index contributed by atoms with van der Waals surface area (Å²) in [5.74, 6) is 0.721. The smallest absolute Gasteiger partial charge is 0.248 e. The van der Waals surface area contributed by atoms with Crippen LogP contribution < -0.4 is 15.8 Å². The van der Waals surface area contributed by atoms with Crippen molar-refractivity contribution in [3.63, 3.8) is 0 Å². The van der Waals surface area contributed by atoms with Crippen molar-refractivity contribution in [2.45, 2.75) is 19.8 Å². The molecule has 0 fully saturated rings. The lowest BCUT2D eigenvalue weighted by atomic mass is 9.91. The van der Waals surface area contributed by atoms with E-state index in [9.17, 15) is 5.26 Å². The second-order valence-corrected chi connectivity index (χ2v) is 8.63. The van der Waals surface area contributed by atoms with Crippen molar-refractivity contribution in [3.8, 4) is 17.7 Å². The Hall–Kier alpha value is -3.79. The van der Waals surface area contributed by atoms with Gasteiger partial charge in [-0.25, -0.2) is 4.98 Å². The highest BCUT2D eigenvalue weighted by atomic mass is 35.5. The molecule has 8 heteroatoms. The fourth-order valence-electron chi connectivity index (χ4n) is 3.44. The Bertz CT molecular complexity index is 1370. The molecule has 1 aromatic heterocycles. The van der Waals surface area contributed by atoms with Gasteiger partial charge in [0.15, 0.2) is 5.82 Å². The van der Waals surface area contributed by atoms with Crippen molar-refractivity contribution >= 4 is 40.4 Å². The molecular weight excluding hydrogens is 469 g/mol. The SMILES string of the molecule is Cc1ccc(Oc2ncnc(Nc3cc(Cl)c(C(C#N)c4ccc(Cl)cc4)cc3C)c2N)cc1. The first-order valence-corrected chi connectivity index (χ1v) is 11.2. The van der Waals surface area contributed by atoms with Gasteiger partial charge in [-0.15, -0.1) is 0 Å². The molecule has 1 unspecified atom stereocenters. The predicted molar refractivity (Wildman–Crippen MR) is 136 cm³/mol. The number of benzene rings is 3. The van der Waals surface area contributed by atoms with E-state index in [4.69, 9.17) is 33.7 Å². The quantitative estimate of drug-likeness (QED) is 0.297. The number of aryl methyl sites for hydroxylation is 2. The third kappa shape index (κ3) is 5.07. The summed E-state index contributed by atoms with van der Waals surface area (Å²) in [6.07, 6.45) is 1.37. The number of nitrogens with one attached hydrogen (secondary N) is 1. The molecule has 0 saturated carbocycles. The number of hydrogen-bond donors (Lipinski definition) is 2. The molecule has 0 saturated heterocycles. The molecular formula is C26H21Cl2N5O. The maximum atomic E-state index is 9.82. The number of aromatic nitrogens is 2. The van der Waals surface area contributed by atoms with Gasteiger partial charge in [0.05, 0.1) is 12.0 Å². The minimum absolute atomic E-state index is 0.244. The van der Waals surface area contributed by atoms with Crippen LogP contribution in [0.15, 0.2) is 67.0 Å². The van der Waals surface area contributed by atoms with Crippen molar-refractivity contribution in [3.05, 3.63) is 99.3 Å². The zero-order valence-corrected chi connectivity index (χ0v) is 20.0. The normalized spacial score (nSPS) is 11.5. The summed E-state index contributed by atoms with van der Waals surface area (Å²) < 4.78 is 5.83. The van der Waals surface area contributed by atoms with E-state index < -0.39 is 5.92 Å². The first-order chi connectivity index (χ1) is 16.4. The predicted octanol–water partition coefficient (Wildman–Crippen LogP) is 7.17. The number of halogens is 2. The van der Waals surface area contributed by atoms with Gasteiger partial charge >= 0.3 is 0 Å². The van der Waals surface area contributed by atoms with Gasteiger partial charge in [-0.2, -0.15) is 10.2 Å². The molecule has 0 spiro atoms. The molecule has 4 rings (SSSR count). The standard InChI is InChI=1S/C26H21Cl2N5O/c1-15-3-9-19(10-4-15)34-26-24(30)25(31-14-32-26)33-23-12-22(28)20(11-16(23)2)21(13-29)17-5-7-18(27)8-6-17/h3-12,14,21H,30H2,1-2H3,(H,31,32,33). The van der Waals surface area contributed by atoms with Crippen molar-refractivity contribution in [2.24, 2.45) is 0 Å². The minimum Gasteiger partial charge on any atom is -0.437 e. The van der Waals surface area contributed by atoms with E-state index in [1.807, 2.05) is 56.3 Å². The Kier molecular flexibility index (Phi) is 6.87. The van der Waals surface area contributed by atoms with Crippen LogP contribution in [0.3, 0.4) is 0 Å². The van der Waals surface area contributed by atoms with Gasteiger partial charge in [-0.05, 0) is 60.9 Å². The van der Waals surface area contributed by atoms with E-state index in [1.165, 1.54) is 6.33 Å². The zero-order chi connectivity index (χ0) is 24.2. The van der Waals surface area contributed by atoms with Crippen LogP contribution in [0.4, 0.5) is 17.2 Å². The summed E-state index contributed by atoms with van der Waals surface area (Å²) in [6, 6.07) is 20.7. The van der Waals surface area contributed by atoms with Crippen LogP contribution in [0, 0.1) is 25.2 Å². The Morgan fingerprint density at radius 2 is 1.71 bits per heavy atom. The summed E-state index contributed by atoms with van der Waals surface area (Å²) in [6.45, 7) is 3.91. The van der Waals surface area contributed by atoms with Crippen LogP contribution in [-0.4, -0.2) is 9.97 Å². The zero-order valence-electron chi connectivity index (χ0n) is 18.5. The number of nitriles is 1. The first-order valence-electron chi connectivity index (χ1n) is 10.4. The van der Waals surface area contributed by atoms with Gasteiger partial charge in [0.1, 0.15) is 17.8 Å². The minimum atomic E-state index is -0.531. The second-order valence-electron chi connectivity index (χ2n) is 7.78. The molecule has 3 N–H and O–H groups in total. The molecule has 1 atom stereocenters. The third-order valence-corrected chi connectivity index (χ3v) is 5.90. The molecule has 0 radical (unpaired) electrons. The summed E-state index contributed by atoms with van der Waals surface area (Å²) in [7, 11) is 0. The molecule has 4 aromatic rings. The molecule has 0 aliphatic rings. The van der Waals surface area contributed by atoms with Gasteiger partial charge in [-0.1, -0.05) is 59.1 Å². The van der Waals surface area contributed by atoms with E-state index >= 15 is 0 Å². The second kappa shape index (κ2) is 10.0.